The Bertz CT molecular complexity index is 123. The van der Waals surface area contributed by atoms with E-state index in [4.69, 9.17) is 15.9 Å². The number of ether oxygens (including phenoxy) is 1. The molecule has 0 aromatic rings. The maximum Gasteiger partial charge on any atom is 0.0957 e. The summed E-state index contributed by atoms with van der Waals surface area (Å²) in [5.74, 6) is 0.802. The summed E-state index contributed by atoms with van der Waals surface area (Å²) in [5, 5.41) is 7.08. The number of amidine groups is 1. The third-order valence-corrected chi connectivity index (χ3v) is 1.35. The van der Waals surface area contributed by atoms with Crippen molar-refractivity contribution in [3.63, 3.8) is 0 Å². The molecule has 66 valence electrons. The molecule has 0 aliphatic heterocycles. The van der Waals surface area contributed by atoms with Crippen molar-refractivity contribution in [3.05, 3.63) is 0 Å². The average Bonchev–Trinajstić information content (AvgIpc) is 1.86. The van der Waals surface area contributed by atoms with Gasteiger partial charge in [-0.05, 0) is 5.92 Å². The number of nitrogens with one attached hydrogen (secondary N) is 1. The molecule has 0 saturated heterocycles. The zero-order valence-corrected chi connectivity index (χ0v) is 7.55. The smallest absolute Gasteiger partial charge is 0.0957 e. The third kappa shape index (κ3) is 5.85. The third-order valence-electron chi connectivity index (χ3n) is 1.35. The molecule has 1 atom stereocenters. The highest BCUT2D eigenvalue weighted by Crippen LogP contribution is 1.97. The number of nitrogens with two attached hydrogens (primary N) is 1. The SMILES string of the molecule is CC(C)COCC(C)C(=N)N. The Morgan fingerprint density at radius 2 is 1.91 bits per heavy atom. The van der Waals surface area contributed by atoms with Gasteiger partial charge >= 0.3 is 0 Å². The normalized spacial score (nSPS) is 13.5. The molecule has 0 saturated carbocycles. The van der Waals surface area contributed by atoms with E-state index in [1.165, 1.54) is 0 Å². The first-order chi connectivity index (χ1) is 5.04. The highest BCUT2D eigenvalue weighted by molar-refractivity contribution is 5.79. The van der Waals surface area contributed by atoms with Gasteiger partial charge in [-0.15, -0.1) is 0 Å². The zero-order chi connectivity index (χ0) is 8.85. The Balaban J connectivity index is 3.31. The Kier molecular flexibility index (Phi) is 4.86. The summed E-state index contributed by atoms with van der Waals surface area (Å²) >= 11 is 0. The summed E-state index contributed by atoms with van der Waals surface area (Å²) in [5.41, 5.74) is 5.26. The van der Waals surface area contributed by atoms with Crippen LogP contribution < -0.4 is 5.73 Å². The molecular formula is C8H18N2O. The monoisotopic (exact) mass is 158 g/mol. The maximum absolute atomic E-state index is 7.08. The molecule has 0 radical (unpaired) electrons. The van der Waals surface area contributed by atoms with E-state index in [1.54, 1.807) is 0 Å². The van der Waals surface area contributed by atoms with Crippen LogP contribution in [0.25, 0.3) is 0 Å². The number of hydrogen-bond donors (Lipinski definition) is 2. The van der Waals surface area contributed by atoms with Crippen molar-refractivity contribution < 1.29 is 4.74 Å². The molecule has 0 spiro atoms. The first-order valence-electron chi connectivity index (χ1n) is 3.95. The van der Waals surface area contributed by atoms with Gasteiger partial charge in [0, 0.05) is 12.5 Å². The fraction of sp³-hybridized carbons (Fsp3) is 0.875. The first kappa shape index (κ1) is 10.4. The van der Waals surface area contributed by atoms with Gasteiger partial charge < -0.3 is 10.5 Å². The van der Waals surface area contributed by atoms with Crippen molar-refractivity contribution in [2.45, 2.75) is 20.8 Å². The van der Waals surface area contributed by atoms with E-state index in [1.807, 2.05) is 6.92 Å². The highest BCUT2D eigenvalue weighted by atomic mass is 16.5. The fourth-order valence-electron chi connectivity index (χ4n) is 0.570. The maximum atomic E-state index is 7.08. The Morgan fingerprint density at radius 1 is 1.36 bits per heavy atom. The summed E-state index contributed by atoms with van der Waals surface area (Å²) in [6.45, 7) is 7.39. The summed E-state index contributed by atoms with van der Waals surface area (Å²) < 4.78 is 5.30. The van der Waals surface area contributed by atoms with Crippen LogP contribution in [0.15, 0.2) is 0 Å². The minimum absolute atomic E-state index is 0.0498. The topological polar surface area (TPSA) is 59.1 Å². The lowest BCUT2D eigenvalue weighted by Gasteiger charge is -2.11. The van der Waals surface area contributed by atoms with Crippen LogP contribution in [-0.2, 0) is 4.74 Å². The standard InChI is InChI=1S/C8H18N2O/c1-6(2)4-11-5-7(3)8(9)10/h6-7H,4-5H2,1-3H3,(H3,9,10). The Hall–Kier alpha value is -0.570. The molecule has 0 bridgehead atoms. The van der Waals surface area contributed by atoms with Gasteiger partial charge in [0.15, 0.2) is 0 Å². The molecule has 0 rings (SSSR count). The van der Waals surface area contributed by atoms with Crippen molar-refractivity contribution in [3.8, 4) is 0 Å². The van der Waals surface area contributed by atoms with Gasteiger partial charge in [-0.1, -0.05) is 20.8 Å². The van der Waals surface area contributed by atoms with Gasteiger partial charge in [0.05, 0.1) is 12.4 Å². The Morgan fingerprint density at radius 3 is 2.27 bits per heavy atom. The second kappa shape index (κ2) is 5.13. The Labute approximate surface area is 68.4 Å². The van der Waals surface area contributed by atoms with Crippen LogP contribution in [0.1, 0.15) is 20.8 Å². The highest BCUT2D eigenvalue weighted by Gasteiger charge is 2.04. The summed E-state index contributed by atoms with van der Waals surface area (Å²) in [6.07, 6.45) is 0. The number of rotatable bonds is 5. The van der Waals surface area contributed by atoms with E-state index < -0.39 is 0 Å². The molecular weight excluding hydrogens is 140 g/mol. The first-order valence-corrected chi connectivity index (χ1v) is 3.95. The molecule has 0 aliphatic carbocycles. The summed E-state index contributed by atoms with van der Waals surface area (Å²) in [4.78, 5) is 0. The van der Waals surface area contributed by atoms with Crippen LogP contribution in [0.3, 0.4) is 0 Å². The van der Waals surface area contributed by atoms with Crippen LogP contribution in [0.5, 0.6) is 0 Å². The van der Waals surface area contributed by atoms with E-state index in [0.29, 0.717) is 12.5 Å². The molecule has 3 heteroatoms. The van der Waals surface area contributed by atoms with Crippen molar-refractivity contribution >= 4 is 5.84 Å². The molecule has 3 nitrogen and oxygen atoms in total. The minimum atomic E-state index is 0.0498. The molecule has 11 heavy (non-hydrogen) atoms. The lowest BCUT2D eigenvalue weighted by Crippen LogP contribution is -2.24. The molecule has 0 aromatic carbocycles. The van der Waals surface area contributed by atoms with Crippen molar-refractivity contribution in [1.82, 2.24) is 0 Å². The predicted octanol–water partition coefficient (Wildman–Crippen LogP) is 1.23. The summed E-state index contributed by atoms with van der Waals surface area (Å²) in [7, 11) is 0. The van der Waals surface area contributed by atoms with Gasteiger partial charge in [-0.25, -0.2) is 0 Å². The quantitative estimate of drug-likeness (QED) is 0.467. The average molecular weight is 158 g/mol. The molecule has 0 fully saturated rings. The molecule has 0 aromatic heterocycles. The molecule has 1 unspecified atom stereocenters. The number of hydrogen-bond acceptors (Lipinski definition) is 2. The van der Waals surface area contributed by atoms with Gasteiger partial charge in [0.25, 0.3) is 0 Å². The van der Waals surface area contributed by atoms with Crippen LogP contribution in [0, 0.1) is 17.2 Å². The van der Waals surface area contributed by atoms with Crippen molar-refractivity contribution in [1.29, 1.82) is 5.41 Å². The van der Waals surface area contributed by atoms with E-state index >= 15 is 0 Å². The minimum Gasteiger partial charge on any atom is -0.387 e. The van der Waals surface area contributed by atoms with Gasteiger partial charge in [-0.3, -0.25) is 5.41 Å². The summed E-state index contributed by atoms with van der Waals surface area (Å²) in [6, 6.07) is 0. The predicted molar refractivity (Wildman–Crippen MR) is 46.7 cm³/mol. The van der Waals surface area contributed by atoms with Gasteiger partial charge in [0.2, 0.25) is 0 Å². The van der Waals surface area contributed by atoms with Crippen LogP contribution in [-0.4, -0.2) is 19.0 Å². The molecule has 0 aliphatic rings. The molecule has 0 amide bonds. The molecule has 3 N–H and O–H groups in total. The van der Waals surface area contributed by atoms with Crippen molar-refractivity contribution in [2.24, 2.45) is 17.6 Å². The van der Waals surface area contributed by atoms with Gasteiger partial charge in [0.1, 0.15) is 0 Å². The van der Waals surface area contributed by atoms with Crippen LogP contribution in [0.4, 0.5) is 0 Å². The largest absolute Gasteiger partial charge is 0.387 e. The van der Waals surface area contributed by atoms with Gasteiger partial charge in [-0.2, -0.15) is 0 Å². The lowest BCUT2D eigenvalue weighted by atomic mass is 10.2. The second-order valence-corrected chi connectivity index (χ2v) is 3.29. The van der Waals surface area contributed by atoms with E-state index in [2.05, 4.69) is 13.8 Å². The molecule has 0 heterocycles. The van der Waals surface area contributed by atoms with Crippen LogP contribution >= 0.6 is 0 Å². The second-order valence-electron chi connectivity index (χ2n) is 3.29. The fourth-order valence-corrected chi connectivity index (χ4v) is 0.570. The van der Waals surface area contributed by atoms with E-state index in [0.717, 1.165) is 6.61 Å². The van der Waals surface area contributed by atoms with E-state index in [-0.39, 0.29) is 11.8 Å². The van der Waals surface area contributed by atoms with E-state index in [9.17, 15) is 0 Å². The van der Waals surface area contributed by atoms with Crippen molar-refractivity contribution in [2.75, 3.05) is 13.2 Å². The zero-order valence-electron chi connectivity index (χ0n) is 7.55. The lowest BCUT2D eigenvalue weighted by molar-refractivity contribution is 0.0980. The van der Waals surface area contributed by atoms with Crippen LogP contribution in [0.2, 0.25) is 0 Å².